The maximum atomic E-state index is 14.4. The number of piperidine rings is 1. The number of allylic oxidation sites excluding steroid dienone is 1. The molecule has 0 saturated carbocycles. The molecule has 1 fully saturated rings. The van der Waals surface area contributed by atoms with Crippen molar-refractivity contribution in [2.24, 2.45) is 0 Å². The van der Waals surface area contributed by atoms with Gasteiger partial charge in [-0.05, 0) is 31.7 Å². The fourth-order valence-electron chi connectivity index (χ4n) is 4.09. The number of aryl methyl sites for hydroxylation is 1. The van der Waals surface area contributed by atoms with Crippen molar-refractivity contribution in [2.75, 3.05) is 12.8 Å². The lowest BCUT2D eigenvalue weighted by atomic mass is 9.99. The second-order valence-corrected chi connectivity index (χ2v) is 9.89. The van der Waals surface area contributed by atoms with E-state index in [1.165, 1.54) is 12.5 Å². The van der Waals surface area contributed by atoms with E-state index in [1.54, 1.807) is 10.5 Å². The standard InChI is InChI=1S/C20H22ClFN4O2S/c1-29(27,28)26-9-3-2-4-14(26)5-7-19-17(22)12-24-20(25-19)15-6-8-18-16(15)10-13(21)11-23-18/h6,10-12,14H,2-5,7-9H2,1H3. The van der Waals surface area contributed by atoms with Crippen molar-refractivity contribution in [3.63, 3.8) is 0 Å². The second-order valence-electron chi connectivity index (χ2n) is 7.52. The molecule has 0 amide bonds. The summed E-state index contributed by atoms with van der Waals surface area (Å²) in [6, 6.07) is 1.70. The summed E-state index contributed by atoms with van der Waals surface area (Å²) in [5.41, 5.74) is 2.86. The SMILES string of the molecule is CS(=O)(=O)N1CCCCC1CCc1nc(C2=CCc3ncc(Cl)cc32)ncc1F. The number of fused-ring (bicyclic) bond motifs is 1. The molecule has 1 aliphatic heterocycles. The minimum absolute atomic E-state index is 0.119. The Morgan fingerprint density at radius 3 is 2.90 bits per heavy atom. The zero-order valence-corrected chi connectivity index (χ0v) is 17.7. The second kappa shape index (κ2) is 8.08. The van der Waals surface area contributed by atoms with Crippen LogP contribution in [0, 0.1) is 5.82 Å². The highest BCUT2D eigenvalue weighted by molar-refractivity contribution is 7.88. The molecule has 0 aromatic carbocycles. The van der Waals surface area contributed by atoms with E-state index in [2.05, 4.69) is 15.0 Å². The van der Waals surface area contributed by atoms with E-state index in [4.69, 9.17) is 11.6 Å². The highest BCUT2D eigenvalue weighted by atomic mass is 35.5. The lowest BCUT2D eigenvalue weighted by Gasteiger charge is -2.33. The summed E-state index contributed by atoms with van der Waals surface area (Å²) in [7, 11) is -3.27. The number of rotatable bonds is 5. The minimum Gasteiger partial charge on any atom is -0.259 e. The summed E-state index contributed by atoms with van der Waals surface area (Å²) in [6.45, 7) is 0.526. The number of sulfonamides is 1. The molecule has 3 heterocycles. The molecule has 4 rings (SSSR count). The van der Waals surface area contributed by atoms with Gasteiger partial charge < -0.3 is 0 Å². The first-order valence-electron chi connectivity index (χ1n) is 9.66. The molecule has 0 spiro atoms. The first-order chi connectivity index (χ1) is 13.8. The van der Waals surface area contributed by atoms with Gasteiger partial charge in [-0.25, -0.2) is 22.8 Å². The van der Waals surface area contributed by atoms with Crippen LogP contribution < -0.4 is 0 Å². The van der Waals surface area contributed by atoms with Crippen LogP contribution in [0.4, 0.5) is 4.39 Å². The molecule has 0 radical (unpaired) electrons. The average molecular weight is 437 g/mol. The van der Waals surface area contributed by atoms with Crippen LogP contribution >= 0.6 is 11.6 Å². The molecule has 1 atom stereocenters. The van der Waals surface area contributed by atoms with Gasteiger partial charge in [0.05, 0.1) is 28.9 Å². The maximum absolute atomic E-state index is 14.4. The van der Waals surface area contributed by atoms with Crippen LogP contribution in [-0.4, -0.2) is 46.5 Å². The molecule has 1 unspecified atom stereocenters. The van der Waals surface area contributed by atoms with Gasteiger partial charge in [-0.15, -0.1) is 0 Å². The van der Waals surface area contributed by atoms with E-state index < -0.39 is 15.8 Å². The molecule has 2 aromatic heterocycles. The number of pyridine rings is 1. The van der Waals surface area contributed by atoms with Crippen LogP contribution in [0.3, 0.4) is 0 Å². The Balaban J connectivity index is 1.55. The maximum Gasteiger partial charge on any atom is 0.211 e. The third kappa shape index (κ3) is 4.34. The molecular weight excluding hydrogens is 415 g/mol. The molecule has 2 aromatic rings. The predicted molar refractivity (Wildman–Crippen MR) is 110 cm³/mol. The Hall–Kier alpha value is -1.90. The molecule has 1 saturated heterocycles. The summed E-state index contributed by atoms with van der Waals surface area (Å²) in [5, 5.41) is 0.525. The van der Waals surface area contributed by atoms with Gasteiger partial charge in [0.1, 0.15) is 0 Å². The monoisotopic (exact) mass is 436 g/mol. The van der Waals surface area contributed by atoms with Gasteiger partial charge in [0, 0.05) is 36.3 Å². The number of halogens is 2. The Kier molecular flexibility index (Phi) is 5.68. The Labute approximate surface area is 174 Å². The fourth-order valence-corrected chi connectivity index (χ4v) is 5.46. The highest BCUT2D eigenvalue weighted by Crippen LogP contribution is 2.32. The molecule has 154 valence electrons. The number of hydrogen-bond acceptors (Lipinski definition) is 5. The summed E-state index contributed by atoms with van der Waals surface area (Å²) in [6.07, 6.45) is 10.2. The van der Waals surface area contributed by atoms with E-state index in [0.29, 0.717) is 42.3 Å². The van der Waals surface area contributed by atoms with E-state index in [9.17, 15) is 12.8 Å². The van der Waals surface area contributed by atoms with Crippen LogP contribution in [0.15, 0.2) is 24.5 Å². The lowest BCUT2D eigenvalue weighted by Crippen LogP contribution is -2.43. The van der Waals surface area contributed by atoms with Crippen LogP contribution in [0.5, 0.6) is 0 Å². The van der Waals surface area contributed by atoms with Crippen molar-refractivity contribution >= 4 is 27.2 Å². The number of aromatic nitrogens is 3. The zero-order valence-electron chi connectivity index (χ0n) is 16.1. The quantitative estimate of drug-likeness (QED) is 0.718. The van der Waals surface area contributed by atoms with Crippen molar-refractivity contribution in [3.05, 3.63) is 58.2 Å². The third-order valence-electron chi connectivity index (χ3n) is 5.50. The largest absolute Gasteiger partial charge is 0.259 e. The summed E-state index contributed by atoms with van der Waals surface area (Å²) >= 11 is 6.07. The molecule has 0 bridgehead atoms. The predicted octanol–water partition coefficient (Wildman–Crippen LogP) is 3.40. The summed E-state index contributed by atoms with van der Waals surface area (Å²) in [5.74, 6) is -0.0358. The molecule has 9 heteroatoms. The third-order valence-corrected chi connectivity index (χ3v) is 7.04. The molecule has 0 N–H and O–H groups in total. The molecule has 29 heavy (non-hydrogen) atoms. The molecular formula is C20H22ClFN4O2S. The van der Waals surface area contributed by atoms with E-state index in [-0.39, 0.29) is 6.04 Å². The van der Waals surface area contributed by atoms with Crippen molar-refractivity contribution in [1.29, 1.82) is 0 Å². The van der Waals surface area contributed by atoms with Crippen LogP contribution in [0.1, 0.15) is 48.5 Å². The smallest absolute Gasteiger partial charge is 0.211 e. The van der Waals surface area contributed by atoms with E-state index in [1.807, 2.05) is 12.1 Å². The normalized spacial score (nSPS) is 19.8. The van der Waals surface area contributed by atoms with Crippen molar-refractivity contribution in [1.82, 2.24) is 19.3 Å². The van der Waals surface area contributed by atoms with Crippen molar-refractivity contribution in [2.45, 2.75) is 44.6 Å². The van der Waals surface area contributed by atoms with Gasteiger partial charge in [0.25, 0.3) is 0 Å². The fraction of sp³-hybridized carbons (Fsp3) is 0.450. The van der Waals surface area contributed by atoms with Crippen molar-refractivity contribution < 1.29 is 12.8 Å². The van der Waals surface area contributed by atoms with Crippen LogP contribution in [-0.2, 0) is 22.9 Å². The Bertz CT molecular complexity index is 1070. The van der Waals surface area contributed by atoms with Gasteiger partial charge in [0.15, 0.2) is 11.6 Å². The van der Waals surface area contributed by atoms with Gasteiger partial charge in [-0.2, -0.15) is 4.31 Å². The average Bonchev–Trinajstić information content (AvgIpc) is 3.10. The molecule has 1 aliphatic carbocycles. The van der Waals surface area contributed by atoms with Crippen LogP contribution in [0.2, 0.25) is 5.02 Å². The first kappa shape index (κ1) is 20.4. The minimum atomic E-state index is -3.27. The Morgan fingerprint density at radius 1 is 1.28 bits per heavy atom. The lowest BCUT2D eigenvalue weighted by molar-refractivity contribution is 0.241. The Morgan fingerprint density at radius 2 is 2.10 bits per heavy atom. The summed E-state index contributed by atoms with van der Waals surface area (Å²) < 4.78 is 40.0. The zero-order chi connectivity index (χ0) is 20.6. The van der Waals surface area contributed by atoms with E-state index in [0.717, 1.165) is 36.1 Å². The van der Waals surface area contributed by atoms with E-state index >= 15 is 0 Å². The van der Waals surface area contributed by atoms with Gasteiger partial charge >= 0.3 is 0 Å². The number of nitrogens with zero attached hydrogens (tertiary/aromatic N) is 4. The van der Waals surface area contributed by atoms with Gasteiger partial charge in [-0.1, -0.05) is 24.1 Å². The summed E-state index contributed by atoms with van der Waals surface area (Å²) in [4.78, 5) is 13.0. The van der Waals surface area contributed by atoms with Gasteiger partial charge in [0.2, 0.25) is 10.0 Å². The topological polar surface area (TPSA) is 76.1 Å². The van der Waals surface area contributed by atoms with Crippen molar-refractivity contribution in [3.8, 4) is 0 Å². The highest BCUT2D eigenvalue weighted by Gasteiger charge is 2.29. The first-order valence-corrected chi connectivity index (χ1v) is 11.9. The number of hydrogen-bond donors (Lipinski definition) is 0. The van der Waals surface area contributed by atoms with Crippen LogP contribution in [0.25, 0.3) is 5.57 Å². The van der Waals surface area contributed by atoms with Gasteiger partial charge in [-0.3, -0.25) is 4.98 Å². The molecule has 6 nitrogen and oxygen atoms in total. The molecule has 2 aliphatic rings.